The minimum absolute atomic E-state index is 0.177. The Bertz CT molecular complexity index is 307. The second kappa shape index (κ2) is 4.77. The van der Waals surface area contributed by atoms with Gasteiger partial charge in [-0.15, -0.1) is 0 Å². The van der Waals surface area contributed by atoms with Crippen LogP contribution in [0.15, 0.2) is 12.4 Å². The molecule has 1 aromatic rings. The number of rotatable bonds is 5. The van der Waals surface area contributed by atoms with Crippen LogP contribution in [0.3, 0.4) is 0 Å². The number of hydrogen-bond acceptors (Lipinski definition) is 3. The van der Waals surface area contributed by atoms with Crippen LogP contribution in [0.4, 0.5) is 0 Å². The van der Waals surface area contributed by atoms with Crippen LogP contribution >= 0.6 is 0 Å². The van der Waals surface area contributed by atoms with Crippen molar-refractivity contribution in [2.45, 2.75) is 38.4 Å². The van der Waals surface area contributed by atoms with Gasteiger partial charge >= 0.3 is 0 Å². The van der Waals surface area contributed by atoms with E-state index in [0.717, 1.165) is 12.0 Å². The van der Waals surface area contributed by atoms with Gasteiger partial charge in [0.05, 0.1) is 17.9 Å². The summed E-state index contributed by atoms with van der Waals surface area (Å²) in [7, 11) is 3.53. The zero-order valence-corrected chi connectivity index (χ0v) is 9.90. The van der Waals surface area contributed by atoms with E-state index in [1.165, 1.54) is 0 Å². The summed E-state index contributed by atoms with van der Waals surface area (Å²) in [6, 6.07) is 0. The van der Waals surface area contributed by atoms with E-state index in [0.29, 0.717) is 6.42 Å². The molecule has 0 aliphatic heterocycles. The first-order valence-corrected chi connectivity index (χ1v) is 5.16. The fourth-order valence-electron chi connectivity index (χ4n) is 1.37. The first-order valence-electron chi connectivity index (χ1n) is 5.16. The summed E-state index contributed by atoms with van der Waals surface area (Å²) < 4.78 is 6.99. The molecule has 0 aliphatic rings. The molecule has 1 aromatic heterocycles. The normalized spacial score (nSPS) is 14.2. The molecule has 0 fully saturated rings. The predicted octanol–water partition coefficient (Wildman–Crippen LogP) is 1.66. The molecule has 1 atom stereocenters. The molecule has 1 N–H and O–H groups in total. The van der Waals surface area contributed by atoms with Crippen molar-refractivity contribution in [3.05, 3.63) is 18.0 Å². The zero-order chi connectivity index (χ0) is 11.5. The van der Waals surface area contributed by atoms with Gasteiger partial charge in [-0.1, -0.05) is 0 Å². The van der Waals surface area contributed by atoms with Gasteiger partial charge in [-0.05, 0) is 26.7 Å². The standard InChI is InChI=1S/C11H20N2O2/c1-11(2,15-4)6-5-10(14)9-7-12-13(3)8-9/h7-8,10,14H,5-6H2,1-4H3. The molecule has 1 rings (SSSR count). The van der Waals surface area contributed by atoms with Gasteiger partial charge in [-0.3, -0.25) is 4.68 Å². The Kier molecular flexibility index (Phi) is 3.88. The lowest BCUT2D eigenvalue weighted by Crippen LogP contribution is -2.23. The summed E-state index contributed by atoms with van der Waals surface area (Å²) in [6.45, 7) is 4.03. The summed E-state index contributed by atoms with van der Waals surface area (Å²) in [5, 5.41) is 13.9. The number of nitrogens with zero attached hydrogens (tertiary/aromatic N) is 2. The first-order chi connectivity index (χ1) is 6.94. The van der Waals surface area contributed by atoms with Gasteiger partial charge in [0.25, 0.3) is 0 Å². The number of aliphatic hydroxyl groups is 1. The highest BCUT2D eigenvalue weighted by Gasteiger charge is 2.19. The highest BCUT2D eigenvalue weighted by Crippen LogP contribution is 2.23. The molecule has 86 valence electrons. The lowest BCUT2D eigenvalue weighted by Gasteiger charge is -2.23. The zero-order valence-electron chi connectivity index (χ0n) is 9.90. The first kappa shape index (κ1) is 12.2. The Morgan fingerprint density at radius 1 is 1.60 bits per heavy atom. The number of aryl methyl sites for hydroxylation is 1. The summed E-state index contributed by atoms with van der Waals surface area (Å²) in [5.41, 5.74) is 0.688. The van der Waals surface area contributed by atoms with Crippen molar-refractivity contribution in [2.24, 2.45) is 7.05 Å². The van der Waals surface area contributed by atoms with Crippen molar-refractivity contribution >= 4 is 0 Å². The van der Waals surface area contributed by atoms with E-state index in [-0.39, 0.29) is 5.60 Å². The van der Waals surface area contributed by atoms with Gasteiger partial charge in [0.2, 0.25) is 0 Å². The van der Waals surface area contributed by atoms with Crippen LogP contribution in [0.5, 0.6) is 0 Å². The minimum atomic E-state index is -0.451. The Hall–Kier alpha value is -0.870. The summed E-state index contributed by atoms with van der Waals surface area (Å²) in [4.78, 5) is 0. The van der Waals surface area contributed by atoms with Crippen molar-refractivity contribution in [3.63, 3.8) is 0 Å². The van der Waals surface area contributed by atoms with Gasteiger partial charge in [-0.2, -0.15) is 5.10 Å². The average Bonchev–Trinajstić information content (AvgIpc) is 2.61. The van der Waals surface area contributed by atoms with Crippen molar-refractivity contribution in [3.8, 4) is 0 Å². The molecule has 0 radical (unpaired) electrons. The van der Waals surface area contributed by atoms with Crippen LogP contribution in [0.2, 0.25) is 0 Å². The van der Waals surface area contributed by atoms with Crippen molar-refractivity contribution < 1.29 is 9.84 Å². The van der Waals surface area contributed by atoms with Crippen LogP contribution in [0.1, 0.15) is 38.4 Å². The second-order valence-corrected chi connectivity index (χ2v) is 4.47. The predicted molar refractivity (Wildman–Crippen MR) is 58.5 cm³/mol. The molecule has 1 heterocycles. The summed E-state index contributed by atoms with van der Waals surface area (Å²) >= 11 is 0. The second-order valence-electron chi connectivity index (χ2n) is 4.47. The molecule has 0 aliphatic carbocycles. The fourth-order valence-corrected chi connectivity index (χ4v) is 1.37. The maximum atomic E-state index is 9.88. The average molecular weight is 212 g/mol. The third-order valence-corrected chi connectivity index (χ3v) is 2.68. The monoisotopic (exact) mass is 212 g/mol. The number of hydrogen-bond donors (Lipinski definition) is 1. The van der Waals surface area contributed by atoms with Gasteiger partial charge in [0.1, 0.15) is 0 Å². The fraction of sp³-hybridized carbons (Fsp3) is 0.727. The van der Waals surface area contributed by atoms with E-state index in [9.17, 15) is 5.11 Å². The highest BCUT2D eigenvalue weighted by molar-refractivity contribution is 5.07. The van der Waals surface area contributed by atoms with Crippen LogP contribution in [-0.2, 0) is 11.8 Å². The Labute approximate surface area is 90.9 Å². The lowest BCUT2D eigenvalue weighted by atomic mass is 9.98. The molecule has 15 heavy (non-hydrogen) atoms. The Morgan fingerprint density at radius 3 is 2.73 bits per heavy atom. The van der Waals surface area contributed by atoms with Crippen LogP contribution < -0.4 is 0 Å². The number of aliphatic hydroxyl groups excluding tert-OH is 1. The minimum Gasteiger partial charge on any atom is -0.388 e. The highest BCUT2D eigenvalue weighted by atomic mass is 16.5. The van der Waals surface area contributed by atoms with E-state index in [4.69, 9.17) is 4.74 Å². The molecular formula is C11H20N2O2. The van der Waals surface area contributed by atoms with Crippen LogP contribution in [-0.4, -0.2) is 27.6 Å². The van der Waals surface area contributed by atoms with Gasteiger partial charge in [-0.25, -0.2) is 0 Å². The molecule has 1 unspecified atom stereocenters. The van der Waals surface area contributed by atoms with Gasteiger partial charge in [0.15, 0.2) is 0 Å². The summed E-state index contributed by atoms with van der Waals surface area (Å²) in [5.74, 6) is 0. The van der Waals surface area contributed by atoms with Crippen LogP contribution in [0, 0.1) is 0 Å². The maximum absolute atomic E-state index is 9.88. The molecule has 0 saturated heterocycles. The van der Waals surface area contributed by atoms with Gasteiger partial charge < -0.3 is 9.84 Å². The van der Waals surface area contributed by atoms with E-state index in [1.807, 2.05) is 27.1 Å². The molecule has 4 heteroatoms. The quantitative estimate of drug-likeness (QED) is 0.807. The topological polar surface area (TPSA) is 47.3 Å². The molecule has 0 saturated carbocycles. The molecule has 0 bridgehead atoms. The van der Waals surface area contributed by atoms with E-state index in [1.54, 1.807) is 18.0 Å². The van der Waals surface area contributed by atoms with Crippen LogP contribution in [0.25, 0.3) is 0 Å². The largest absolute Gasteiger partial charge is 0.388 e. The van der Waals surface area contributed by atoms with Gasteiger partial charge in [0, 0.05) is 25.9 Å². The number of ether oxygens (including phenoxy) is 1. The van der Waals surface area contributed by atoms with Crippen molar-refractivity contribution in [2.75, 3.05) is 7.11 Å². The van der Waals surface area contributed by atoms with E-state index >= 15 is 0 Å². The Morgan fingerprint density at radius 2 is 2.27 bits per heavy atom. The summed E-state index contributed by atoms with van der Waals surface area (Å²) in [6.07, 6.45) is 4.59. The molecule has 4 nitrogen and oxygen atoms in total. The Balaban J connectivity index is 2.46. The third kappa shape index (κ3) is 3.64. The third-order valence-electron chi connectivity index (χ3n) is 2.68. The lowest BCUT2D eigenvalue weighted by molar-refractivity contribution is 0.00278. The molecule has 0 spiro atoms. The van der Waals surface area contributed by atoms with Crippen molar-refractivity contribution in [1.82, 2.24) is 9.78 Å². The van der Waals surface area contributed by atoms with E-state index < -0.39 is 6.10 Å². The maximum Gasteiger partial charge on any atom is 0.0821 e. The smallest absolute Gasteiger partial charge is 0.0821 e. The van der Waals surface area contributed by atoms with E-state index in [2.05, 4.69) is 5.10 Å². The number of aromatic nitrogens is 2. The molecular weight excluding hydrogens is 192 g/mol. The molecule has 0 aromatic carbocycles. The number of methoxy groups -OCH3 is 1. The van der Waals surface area contributed by atoms with Crippen molar-refractivity contribution in [1.29, 1.82) is 0 Å². The molecule has 0 amide bonds. The SMILES string of the molecule is COC(C)(C)CCC(O)c1cnn(C)c1.